The van der Waals surface area contributed by atoms with Crippen molar-refractivity contribution in [3.05, 3.63) is 18.0 Å². The fourth-order valence-corrected chi connectivity index (χ4v) is 4.56. The average molecular weight is 313 g/mol. The van der Waals surface area contributed by atoms with Gasteiger partial charge in [0.1, 0.15) is 11.4 Å². The molecule has 0 bridgehead atoms. The number of hydrogen-bond acceptors (Lipinski definition) is 5. The number of aryl methyl sites for hydroxylation is 1. The Morgan fingerprint density at radius 3 is 2.65 bits per heavy atom. The van der Waals surface area contributed by atoms with Crippen molar-refractivity contribution < 1.29 is 4.79 Å². The molecule has 1 saturated carbocycles. The van der Waals surface area contributed by atoms with Gasteiger partial charge in [0, 0.05) is 37.9 Å². The number of carbonyl (C=O) groups excluding carboxylic acids is 1. The van der Waals surface area contributed by atoms with Crippen LogP contribution in [0.15, 0.2) is 17.4 Å². The van der Waals surface area contributed by atoms with Crippen molar-refractivity contribution >= 4 is 17.7 Å². The van der Waals surface area contributed by atoms with E-state index in [0.29, 0.717) is 12.5 Å². The van der Waals surface area contributed by atoms with Crippen LogP contribution in [0.4, 0.5) is 5.95 Å². The van der Waals surface area contributed by atoms with Gasteiger partial charge in [-0.15, -0.1) is 0 Å². The van der Waals surface area contributed by atoms with Crippen molar-refractivity contribution in [2.24, 2.45) is 16.8 Å². The molecule has 0 unspecified atom stereocenters. The molecule has 1 aromatic heterocycles. The summed E-state index contributed by atoms with van der Waals surface area (Å²) in [6.45, 7) is 8.43. The van der Waals surface area contributed by atoms with Crippen molar-refractivity contribution in [3.8, 4) is 0 Å². The van der Waals surface area contributed by atoms with Crippen LogP contribution in [-0.2, 0) is 4.79 Å². The number of likely N-dealkylation sites (N-methyl/N-ethyl adjacent to an activating group) is 1. The molecule has 2 fully saturated rings. The molecule has 1 amide bonds. The van der Waals surface area contributed by atoms with E-state index >= 15 is 0 Å². The number of carbonyl (C=O) groups is 1. The van der Waals surface area contributed by atoms with Gasteiger partial charge in [-0.1, -0.05) is 0 Å². The van der Waals surface area contributed by atoms with Crippen LogP contribution < -0.4 is 4.90 Å². The number of rotatable bonds is 2. The Balaban J connectivity index is 1.61. The van der Waals surface area contributed by atoms with Crippen LogP contribution in [0.1, 0.15) is 32.3 Å². The van der Waals surface area contributed by atoms with Gasteiger partial charge < -0.3 is 4.90 Å². The third-order valence-corrected chi connectivity index (χ3v) is 5.68. The fraction of sp³-hybridized carbons (Fsp3) is 0.647. The van der Waals surface area contributed by atoms with Gasteiger partial charge in [0.05, 0.1) is 0 Å². The number of anilines is 1. The lowest BCUT2D eigenvalue weighted by Gasteiger charge is -2.27. The maximum absolute atomic E-state index is 13.0. The van der Waals surface area contributed by atoms with Crippen molar-refractivity contribution in [3.63, 3.8) is 0 Å². The van der Waals surface area contributed by atoms with E-state index in [2.05, 4.69) is 14.9 Å². The summed E-state index contributed by atoms with van der Waals surface area (Å²) in [7, 11) is 0. The highest BCUT2D eigenvalue weighted by Gasteiger charge is 2.60. The Kier molecular flexibility index (Phi) is 3.18. The molecule has 1 saturated heterocycles. The normalized spacial score (nSPS) is 32.8. The molecule has 122 valence electrons. The van der Waals surface area contributed by atoms with Crippen LogP contribution in [0.2, 0.25) is 0 Å². The monoisotopic (exact) mass is 313 g/mol. The Morgan fingerprint density at radius 1 is 1.26 bits per heavy atom. The standard InChI is InChI=1S/C17H23N5O/c1-4-22-12(3)20-17(15(22)23)6-5-13-9-21(10-14(13)17)16-18-7-11(2)8-19-16/h7-8,13-14H,4-6,9-10H2,1-3H3/t13-,14+,17-/m0/s1. The van der Waals surface area contributed by atoms with Crippen LogP contribution in [-0.4, -0.2) is 51.8 Å². The van der Waals surface area contributed by atoms with Crippen molar-refractivity contribution in [1.82, 2.24) is 14.9 Å². The number of aromatic nitrogens is 2. The van der Waals surface area contributed by atoms with Gasteiger partial charge in [-0.05, 0) is 45.1 Å². The third kappa shape index (κ3) is 2.00. The Bertz CT molecular complexity index is 670. The van der Waals surface area contributed by atoms with E-state index in [1.807, 2.05) is 38.1 Å². The van der Waals surface area contributed by atoms with Gasteiger partial charge in [-0.25, -0.2) is 9.97 Å². The lowest BCUT2D eigenvalue weighted by molar-refractivity contribution is -0.132. The number of nitrogens with zero attached hydrogens (tertiary/aromatic N) is 5. The highest BCUT2D eigenvalue weighted by Crippen LogP contribution is 2.50. The summed E-state index contributed by atoms with van der Waals surface area (Å²) in [6.07, 6.45) is 5.66. The minimum absolute atomic E-state index is 0.205. The summed E-state index contributed by atoms with van der Waals surface area (Å²) in [6, 6.07) is 0. The van der Waals surface area contributed by atoms with E-state index in [9.17, 15) is 4.79 Å². The van der Waals surface area contributed by atoms with Gasteiger partial charge in [0.15, 0.2) is 0 Å². The summed E-state index contributed by atoms with van der Waals surface area (Å²) in [5.41, 5.74) is 0.541. The van der Waals surface area contributed by atoms with Gasteiger partial charge in [-0.2, -0.15) is 0 Å². The molecule has 0 radical (unpaired) electrons. The van der Waals surface area contributed by atoms with Gasteiger partial charge >= 0.3 is 0 Å². The summed E-state index contributed by atoms with van der Waals surface area (Å²) in [4.78, 5) is 30.8. The predicted molar refractivity (Wildman–Crippen MR) is 88.4 cm³/mol. The molecule has 6 heteroatoms. The zero-order valence-electron chi connectivity index (χ0n) is 14.0. The van der Waals surface area contributed by atoms with Crippen LogP contribution in [0.25, 0.3) is 0 Å². The second kappa shape index (κ2) is 5.01. The molecule has 0 N–H and O–H groups in total. The van der Waals surface area contributed by atoms with E-state index in [0.717, 1.165) is 43.3 Å². The minimum atomic E-state index is -0.524. The lowest BCUT2D eigenvalue weighted by Crippen LogP contribution is -2.46. The van der Waals surface area contributed by atoms with Crippen molar-refractivity contribution in [2.75, 3.05) is 24.5 Å². The van der Waals surface area contributed by atoms with Gasteiger partial charge in [-0.3, -0.25) is 14.7 Å². The molecule has 1 aromatic rings. The maximum Gasteiger partial charge on any atom is 0.256 e. The maximum atomic E-state index is 13.0. The zero-order chi connectivity index (χ0) is 16.2. The first-order valence-corrected chi connectivity index (χ1v) is 8.47. The summed E-state index contributed by atoms with van der Waals surface area (Å²) < 4.78 is 0. The van der Waals surface area contributed by atoms with Crippen LogP contribution in [0.3, 0.4) is 0 Å². The smallest absolute Gasteiger partial charge is 0.256 e. The predicted octanol–water partition coefficient (Wildman–Crippen LogP) is 1.65. The molecule has 3 atom stereocenters. The molecule has 2 aliphatic heterocycles. The van der Waals surface area contributed by atoms with E-state index in [4.69, 9.17) is 4.99 Å². The van der Waals surface area contributed by atoms with E-state index < -0.39 is 5.54 Å². The molecule has 1 spiro atoms. The molecule has 3 heterocycles. The fourth-order valence-electron chi connectivity index (χ4n) is 4.56. The Morgan fingerprint density at radius 2 is 2.00 bits per heavy atom. The third-order valence-electron chi connectivity index (χ3n) is 5.68. The molecular formula is C17H23N5O. The largest absolute Gasteiger partial charge is 0.340 e. The average Bonchev–Trinajstić information content (AvgIpc) is 3.16. The molecular weight excluding hydrogens is 290 g/mol. The quantitative estimate of drug-likeness (QED) is 0.833. The van der Waals surface area contributed by atoms with Crippen LogP contribution in [0, 0.1) is 18.8 Å². The highest BCUT2D eigenvalue weighted by molar-refractivity contribution is 6.07. The first-order chi connectivity index (χ1) is 11.0. The Hall–Kier alpha value is -1.98. The second-order valence-electron chi connectivity index (χ2n) is 7.00. The van der Waals surface area contributed by atoms with Crippen LogP contribution in [0.5, 0.6) is 0 Å². The summed E-state index contributed by atoms with van der Waals surface area (Å²) in [5, 5.41) is 0. The van der Waals surface area contributed by atoms with E-state index in [-0.39, 0.29) is 11.8 Å². The van der Waals surface area contributed by atoms with Gasteiger partial charge in [0.25, 0.3) is 5.91 Å². The zero-order valence-corrected chi connectivity index (χ0v) is 14.0. The van der Waals surface area contributed by atoms with E-state index in [1.54, 1.807) is 0 Å². The number of fused-ring (bicyclic) bond motifs is 2. The number of amidine groups is 1. The van der Waals surface area contributed by atoms with E-state index in [1.165, 1.54) is 0 Å². The minimum Gasteiger partial charge on any atom is -0.340 e. The first kappa shape index (κ1) is 14.6. The topological polar surface area (TPSA) is 61.7 Å². The summed E-state index contributed by atoms with van der Waals surface area (Å²) in [5.74, 6) is 2.65. The summed E-state index contributed by atoms with van der Waals surface area (Å²) >= 11 is 0. The molecule has 6 nitrogen and oxygen atoms in total. The SMILES string of the molecule is CCN1C(=O)[C@@]2(CC[C@H]3CN(c4ncc(C)cn4)C[C@H]32)N=C1C. The van der Waals surface area contributed by atoms with Crippen molar-refractivity contribution in [2.45, 2.75) is 39.2 Å². The number of hydrogen-bond donors (Lipinski definition) is 0. The molecule has 1 aliphatic carbocycles. The van der Waals surface area contributed by atoms with Crippen LogP contribution >= 0.6 is 0 Å². The second-order valence-corrected chi connectivity index (χ2v) is 7.00. The lowest BCUT2D eigenvalue weighted by atomic mass is 9.85. The van der Waals surface area contributed by atoms with Gasteiger partial charge in [0.2, 0.25) is 5.95 Å². The Labute approximate surface area is 136 Å². The first-order valence-electron chi connectivity index (χ1n) is 8.47. The van der Waals surface area contributed by atoms with Crippen molar-refractivity contribution in [1.29, 1.82) is 0 Å². The molecule has 23 heavy (non-hydrogen) atoms. The highest BCUT2D eigenvalue weighted by atomic mass is 16.2. The number of amides is 1. The molecule has 3 aliphatic rings. The number of aliphatic imine (C=N–C) groups is 1. The molecule has 0 aromatic carbocycles. The molecule has 4 rings (SSSR count).